The van der Waals surface area contributed by atoms with E-state index in [9.17, 15) is 4.79 Å². The number of rotatable bonds is 3. The molecule has 1 amide bonds. The Morgan fingerprint density at radius 3 is 2.31 bits per heavy atom. The standard InChI is InChI=1S/C11H22N4O/c1-11(2,9(12)16)8-14-10(13)15-6-4-3-5-7-15/h3-8H2,1-2H3,(H2,12,16)(H2,13,14). The first kappa shape index (κ1) is 12.8. The van der Waals surface area contributed by atoms with Crippen LogP contribution in [0, 0.1) is 5.41 Å². The van der Waals surface area contributed by atoms with E-state index in [-0.39, 0.29) is 5.91 Å². The van der Waals surface area contributed by atoms with Gasteiger partial charge in [0.05, 0.1) is 12.0 Å². The van der Waals surface area contributed by atoms with Gasteiger partial charge in [0, 0.05) is 13.1 Å². The second kappa shape index (κ2) is 5.18. The average molecular weight is 226 g/mol. The topological polar surface area (TPSA) is 84.7 Å². The first-order valence-electron chi connectivity index (χ1n) is 5.78. The number of nitrogens with zero attached hydrogens (tertiary/aromatic N) is 2. The fourth-order valence-corrected chi connectivity index (χ4v) is 1.58. The van der Waals surface area contributed by atoms with E-state index in [1.165, 1.54) is 6.42 Å². The third-order valence-electron chi connectivity index (χ3n) is 2.98. The molecule has 0 radical (unpaired) electrons. The second-order valence-corrected chi connectivity index (χ2v) is 4.97. The Bertz CT molecular complexity index is 280. The summed E-state index contributed by atoms with van der Waals surface area (Å²) in [5.74, 6) is 0.191. The molecule has 5 nitrogen and oxygen atoms in total. The van der Waals surface area contributed by atoms with Crippen LogP contribution in [-0.2, 0) is 4.79 Å². The van der Waals surface area contributed by atoms with Gasteiger partial charge in [0.2, 0.25) is 5.91 Å². The van der Waals surface area contributed by atoms with Gasteiger partial charge >= 0.3 is 0 Å². The maximum absolute atomic E-state index is 11.1. The van der Waals surface area contributed by atoms with Crippen molar-refractivity contribution in [2.75, 3.05) is 19.6 Å². The molecule has 1 saturated heterocycles. The minimum atomic E-state index is -0.625. The molecule has 5 heteroatoms. The Balaban J connectivity index is 2.52. The van der Waals surface area contributed by atoms with Crippen molar-refractivity contribution in [3.8, 4) is 0 Å². The molecule has 0 unspecified atom stereocenters. The molecule has 1 heterocycles. The number of nitrogens with two attached hydrogens (primary N) is 2. The normalized spacial score (nSPS) is 18.6. The van der Waals surface area contributed by atoms with Crippen LogP contribution in [0.5, 0.6) is 0 Å². The molecule has 0 aromatic rings. The molecule has 0 aliphatic carbocycles. The molecule has 1 rings (SSSR count). The molecular weight excluding hydrogens is 204 g/mol. The smallest absolute Gasteiger partial charge is 0.224 e. The van der Waals surface area contributed by atoms with Crippen LogP contribution < -0.4 is 11.5 Å². The molecule has 92 valence electrons. The van der Waals surface area contributed by atoms with Crippen molar-refractivity contribution in [3.05, 3.63) is 0 Å². The Morgan fingerprint density at radius 1 is 1.25 bits per heavy atom. The predicted molar refractivity (Wildman–Crippen MR) is 64.9 cm³/mol. The van der Waals surface area contributed by atoms with Crippen LogP contribution in [0.3, 0.4) is 0 Å². The number of piperidine rings is 1. The van der Waals surface area contributed by atoms with Crippen LogP contribution in [-0.4, -0.2) is 36.4 Å². The van der Waals surface area contributed by atoms with Crippen molar-refractivity contribution in [1.82, 2.24) is 4.90 Å². The first-order chi connectivity index (χ1) is 7.43. The van der Waals surface area contributed by atoms with Gasteiger partial charge in [0.1, 0.15) is 0 Å². The summed E-state index contributed by atoms with van der Waals surface area (Å²) in [6, 6.07) is 0. The molecule has 1 aliphatic heterocycles. The van der Waals surface area contributed by atoms with E-state index in [0.717, 1.165) is 25.9 Å². The number of carbonyl (C=O) groups excluding carboxylic acids is 1. The van der Waals surface area contributed by atoms with Crippen LogP contribution in [0.25, 0.3) is 0 Å². The maximum Gasteiger partial charge on any atom is 0.224 e. The largest absolute Gasteiger partial charge is 0.370 e. The van der Waals surface area contributed by atoms with Crippen molar-refractivity contribution in [3.63, 3.8) is 0 Å². The van der Waals surface area contributed by atoms with E-state index in [1.807, 2.05) is 0 Å². The third kappa shape index (κ3) is 3.40. The van der Waals surface area contributed by atoms with Gasteiger partial charge < -0.3 is 16.4 Å². The van der Waals surface area contributed by atoms with Crippen LogP contribution in [0.2, 0.25) is 0 Å². The van der Waals surface area contributed by atoms with Gasteiger partial charge in [-0.1, -0.05) is 0 Å². The van der Waals surface area contributed by atoms with E-state index in [0.29, 0.717) is 12.5 Å². The Morgan fingerprint density at radius 2 is 1.81 bits per heavy atom. The predicted octanol–water partition coefficient (Wildman–Crippen LogP) is 0.299. The zero-order valence-corrected chi connectivity index (χ0v) is 10.2. The first-order valence-corrected chi connectivity index (χ1v) is 5.78. The molecule has 0 saturated carbocycles. The van der Waals surface area contributed by atoms with Crippen LogP contribution >= 0.6 is 0 Å². The van der Waals surface area contributed by atoms with Crippen molar-refractivity contribution in [2.45, 2.75) is 33.1 Å². The number of guanidine groups is 1. The fourth-order valence-electron chi connectivity index (χ4n) is 1.58. The molecule has 0 bridgehead atoms. The fraction of sp³-hybridized carbons (Fsp3) is 0.818. The quantitative estimate of drug-likeness (QED) is 0.536. The van der Waals surface area contributed by atoms with Gasteiger partial charge in [-0.15, -0.1) is 0 Å². The molecule has 16 heavy (non-hydrogen) atoms. The summed E-state index contributed by atoms with van der Waals surface area (Å²) in [7, 11) is 0. The van der Waals surface area contributed by atoms with Gasteiger partial charge in [-0.05, 0) is 33.1 Å². The summed E-state index contributed by atoms with van der Waals surface area (Å²) < 4.78 is 0. The number of carbonyl (C=O) groups is 1. The highest BCUT2D eigenvalue weighted by Crippen LogP contribution is 2.15. The SMILES string of the molecule is CC(C)(CN=C(N)N1CCCCC1)C(N)=O. The lowest BCUT2D eigenvalue weighted by Crippen LogP contribution is -2.42. The molecule has 1 aliphatic rings. The van der Waals surface area contributed by atoms with E-state index in [4.69, 9.17) is 11.5 Å². The summed E-state index contributed by atoms with van der Waals surface area (Å²) >= 11 is 0. The molecule has 0 aromatic heterocycles. The van der Waals surface area contributed by atoms with Gasteiger partial charge in [0.25, 0.3) is 0 Å². The van der Waals surface area contributed by atoms with E-state index in [2.05, 4.69) is 9.89 Å². The summed E-state index contributed by atoms with van der Waals surface area (Å²) in [6.07, 6.45) is 3.58. The molecule has 0 aromatic carbocycles. The monoisotopic (exact) mass is 226 g/mol. The van der Waals surface area contributed by atoms with Gasteiger partial charge in [0.15, 0.2) is 5.96 Å². The van der Waals surface area contributed by atoms with Crippen molar-refractivity contribution < 1.29 is 4.79 Å². The Hall–Kier alpha value is -1.26. The number of hydrogen-bond donors (Lipinski definition) is 2. The van der Waals surface area contributed by atoms with E-state index >= 15 is 0 Å². The lowest BCUT2D eigenvalue weighted by atomic mass is 9.93. The molecule has 0 spiro atoms. The van der Waals surface area contributed by atoms with E-state index in [1.54, 1.807) is 13.8 Å². The lowest BCUT2D eigenvalue weighted by Gasteiger charge is -2.28. The number of primary amides is 1. The van der Waals surface area contributed by atoms with Crippen LogP contribution in [0.1, 0.15) is 33.1 Å². The molecule has 1 fully saturated rings. The Labute approximate surface area is 96.9 Å². The van der Waals surface area contributed by atoms with Crippen molar-refractivity contribution in [2.24, 2.45) is 21.9 Å². The second-order valence-electron chi connectivity index (χ2n) is 4.97. The summed E-state index contributed by atoms with van der Waals surface area (Å²) in [6.45, 7) is 5.84. The Kier molecular flexibility index (Phi) is 4.15. The number of amides is 1. The summed E-state index contributed by atoms with van der Waals surface area (Å²) in [5, 5.41) is 0. The molecular formula is C11H22N4O. The van der Waals surface area contributed by atoms with Gasteiger partial charge in [-0.2, -0.15) is 0 Å². The van der Waals surface area contributed by atoms with Crippen molar-refractivity contribution >= 4 is 11.9 Å². The van der Waals surface area contributed by atoms with Crippen LogP contribution in [0.4, 0.5) is 0 Å². The van der Waals surface area contributed by atoms with Crippen LogP contribution in [0.15, 0.2) is 4.99 Å². The van der Waals surface area contributed by atoms with E-state index < -0.39 is 5.41 Å². The molecule has 4 N–H and O–H groups in total. The summed E-state index contributed by atoms with van der Waals surface area (Å²) in [4.78, 5) is 17.4. The lowest BCUT2D eigenvalue weighted by molar-refractivity contribution is -0.125. The highest BCUT2D eigenvalue weighted by atomic mass is 16.1. The number of aliphatic imine (C=N–C) groups is 1. The zero-order valence-electron chi connectivity index (χ0n) is 10.2. The van der Waals surface area contributed by atoms with Gasteiger partial charge in [-0.25, -0.2) is 0 Å². The number of likely N-dealkylation sites (tertiary alicyclic amines) is 1. The van der Waals surface area contributed by atoms with Crippen molar-refractivity contribution in [1.29, 1.82) is 0 Å². The average Bonchev–Trinajstić information content (AvgIpc) is 2.27. The molecule has 0 atom stereocenters. The maximum atomic E-state index is 11.1. The number of hydrogen-bond acceptors (Lipinski definition) is 2. The third-order valence-corrected chi connectivity index (χ3v) is 2.98. The summed E-state index contributed by atoms with van der Waals surface area (Å²) in [5.41, 5.74) is 10.5. The highest BCUT2D eigenvalue weighted by molar-refractivity contribution is 5.82. The van der Waals surface area contributed by atoms with Gasteiger partial charge in [-0.3, -0.25) is 9.79 Å². The zero-order chi connectivity index (χ0) is 12.2. The highest BCUT2D eigenvalue weighted by Gasteiger charge is 2.25. The minimum absolute atomic E-state index is 0.345. The minimum Gasteiger partial charge on any atom is -0.370 e.